The average molecular weight is 531 g/mol. The lowest BCUT2D eigenvalue weighted by Crippen LogP contribution is -2.39. The Morgan fingerprint density at radius 2 is 2.07 bits per heavy atom. The summed E-state index contributed by atoms with van der Waals surface area (Å²) in [5, 5.41) is 11.1. The second-order valence-corrected chi connectivity index (χ2v) is 7.06. The summed E-state index contributed by atoms with van der Waals surface area (Å²) >= 11 is 0. The molecule has 2 aromatic rings. The van der Waals surface area contributed by atoms with Gasteiger partial charge in [0.25, 0.3) is 0 Å². The number of benzene rings is 1. The van der Waals surface area contributed by atoms with Gasteiger partial charge < -0.3 is 20.1 Å². The minimum absolute atomic E-state index is 0. The quantitative estimate of drug-likeness (QED) is 0.214. The van der Waals surface area contributed by atoms with Crippen LogP contribution in [0.5, 0.6) is 0 Å². The molecule has 0 aliphatic carbocycles. The predicted octanol–water partition coefficient (Wildman–Crippen LogP) is 2.78. The van der Waals surface area contributed by atoms with Gasteiger partial charge in [-0.2, -0.15) is 5.10 Å². The highest BCUT2D eigenvalue weighted by Gasteiger charge is 2.15. The monoisotopic (exact) mass is 531 g/mol. The summed E-state index contributed by atoms with van der Waals surface area (Å²) in [4.78, 5) is 4.24. The lowest BCUT2D eigenvalue weighted by Gasteiger charge is -2.12. The summed E-state index contributed by atoms with van der Waals surface area (Å²) < 4.78 is 25.8. The third-order valence-corrected chi connectivity index (χ3v) is 4.77. The number of halogens is 2. The maximum Gasteiger partial charge on any atom is 0.190 e. The fraction of sp³-hybridized carbons (Fsp3) is 0.524. The van der Waals surface area contributed by atoms with E-state index >= 15 is 0 Å². The minimum atomic E-state index is -0.251. The molecule has 1 fully saturated rings. The molecule has 1 atom stereocenters. The topological polar surface area (TPSA) is 72.7 Å². The van der Waals surface area contributed by atoms with E-state index in [-0.39, 0.29) is 29.8 Å². The van der Waals surface area contributed by atoms with Gasteiger partial charge in [-0.15, -0.1) is 24.0 Å². The zero-order valence-corrected chi connectivity index (χ0v) is 19.7. The highest BCUT2D eigenvalue weighted by molar-refractivity contribution is 14.0. The van der Waals surface area contributed by atoms with E-state index in [1.807, 2.05) is 12.3 Å². The molecular weight excluding hydrogens is 500 g/mol. The first-order valence-electron chi connectivity index (χ1n) is 10.1. The molecule has 0 radical (unpaired) electrons. The number of nitrogens with zero attached hydrogens (tertiary/aromatic N) is 3. The number of hydrogen-bond acceptors (Lipinski definition) is 4. The molecule has 1 aromatic heterocycles. The van der Waals surface area contributed by atoms with Gasteiger partial charge in [-0.05, 0) is 43.2 Å². The van der Waals surface area contributed by atoms with E-state index in [2.05, 4.69) is 20.7 Å². The number of nitrogens with one attached hydrogen (secondary N) is 2. The predicted molar refractivity (Wildman–Crippen MR) is 126 cm³/mol. The van der Waals surface area contributed by atoms with Crippen molar-refractivity contribution in [1.82, 2.24) is 20.4 Å². The lowest BCUT2D eigenvalue weighted by atomic mass is 10.1. The van der Waals surface area contributed by atoms with Gasteiger partial charge >= 0.3 is 0 Å². The van der Waals surface area contributed by atoms with Crippen molar-refractivity contribution in [3.63, 3.8) is 0 Å². The molecule has 2 N–H and O–H groups in total. The van der Waals surface area contributed by atoms with Crippen molar-refractivity contribution >= 4 is 29.9 Å². The molecule has 166 valence electrons. The maximum absolute atomic E-state index is 13.0. The van der Waals surface area contributed by atoms with Crippen LogP contribution in [0.3, 0.4) is 0 Å². The van der Waals surface area contributed by atoms with E-state index in [0.29, 0.717) is 5.92 Å². The lowest BCUT2D eigenvalue weighted by molar-refractivity contribution is 0.0888. The molecule has 0 bridgehead atoms. The Kier molecular flexibility index (Phi) is 11.1. The van der Waals surface area contributed by atoms with Gasteiger partial charge in [0, 0.05) is 51.9 Å². The molecule has 0 spiro atoms. The van der Waals surface area contributed by atoms with Crippen LogP contribution in [0, 0.1) is 11.7 Å². The highest BCUT2D eigenvalue weighted by Crippen LogP contribution is 2.12. The third-order valence-electron chi connectivity index (χ3n) is 4.77. The van der Waals surface area contributed by atoms with Crippen LogP contribution in [0.2, 0.25) is 0 Å². The summed E-state index contributed by atoms with van der Waals surface area (Å²) in [6, 6.07) is 8.25. The zero-order chi connectivity index (χ0) is 20.3. The van der Waals surface area contributed by atoms with Gasteiger partial charge in [0.2, 0.25) is 0 Å². The van der Waals surface area contributed by atoms with E-state index in [1.165, 1.54) is 12.1 Å². The number of rotatable bonds is 10. The molecule has 1 aliphatic heterocycles. The van der Waals surface area contributed by atoms with Crippen molar-refractivity contribution in [3.05, 3.63) is 48.0 Å². The summed E-state index contributed by atoms with van der Waals surface area (Å²) in [5.74, 6) is 1.08. The van der Waals surface area contributed by atoms with Crippen molar-refractivity contribution in [1.29, 1.82) is 0 Å². The van der Waals surface area contributed by atoms with Crippen LogP contribution in [0.15, 0.2) is 41.5 Å². The number of aromatic nitrogens is 2. The Hall–Kier alpha value is -1.72. The average Bonchev–Trinajstić information content (AvgIpc) is 3.42. The largest absolute Gasteiger partial charge is 0.381 e. The summed E-state index contributed by atoms with van der Waals surface area (Å²) in [7, 11) is 1.76. The molecule has 2 heterocycles. The third kappa shape index (κ3) is 8.19. The SMILES string of the molecule is CN=C(NCCCOCC1CCOC1)NCCc1ccn(-c2ccc(F)cc2)n1.I. The molecular formula is C21H31FIN5O2. The number of guanidine groups is 1. The van der Waals surface area contributed by atoms with Crippen LogP contribution in [-0.4, -0.2) is 62.3 Å². The van der Waals surface area contributed by atoms with Gasteiger partial charge in [0.05, 0.1) is 24.6 Å². The summed E-state index contributed by atoms with van der Waals surface area (Å²) in [6.45, 7) is 4.75. The van der Waals surface area contributed by atoms with Gasteiger partial charge in [-0.25, -0.2) is 9.07 Å². The molecule has 0 amide bonds. The van der Waals surface area contributed by atoms with Crippen molar-refractivity contribution in [2.75, 3.05) is 46.6 Å². The first kappa shape index (κ1) is 24.5. The van der Waals surface area contributed by atoms with Gasteiger partial charge in [0.15, 0.2) is 5.96 Å². The molecule has 7 nitrogen and oxygen atoms in total. The summed E-state index contributed by atoms with van der Waals surface area (Å²) in [6.07, 6.45) is 4.68. The maximum atomic E-state index is 13.0. The Bertz CT molecular complexity index is 763. The number of hydrogen-bond donors (Lipinski definition) is 2. The summed E-state index contributed by atoms with van der Waals surface area (Å²) in [5.41, 5.74) is 1.80. The van der Waals surface area contributed by atoms with Crippen LogP contribution in [0.1, 0.15) is 18.5 Å². The van der Waals surface area contributed by atoms with Crippen LogP contribution < -0.4 is 10.6 Å². The second-order valence-electron chi connectivity index (χ2n) is 7.06. The number of aliphatic imine (C=N–C) groups is 1. The van der Waals surface area contributed by atoms with Crippen molar-refractivity contribution in [3.8, 4) is 5.69 Å². The first-order valence-corrected chi connectivity index (χ1v) is 10.1. The van der Waals surface area contributed by atoms with E-state index in [1.54, 1.807) is 23.9 Å². The molecule has 1 aromatic carbocycles. The van der Waals surface area contributed by atoms with E-state index in [0.717, 1.165) is 76.1 Å². The molecule has 9 heteroatoms. The Labute approximate surface area is 194 Å². The zero-order valence-electron chi connectivity index (χ0n) is 17.3. The molecule has 1 aliphatic rings. The molecule has 1 saturated heterocycles. The van der Waals surface area contributed by atoms with Crippen LogP contribution in [-0.2, 0) is 15.9 Å². The second kappa shape index (κ2) is 13.6. The van der Waals surface area contributed by atoms with Crippen molar-refractivity contribution in [2.45, 2.75) is 19.3 Å². The van der Waals surface area contributed by atoms with Gasteiger partial charge in [-0.3, -0.25) is 4.99 Å². The Balaban J connectivity index is 0.00000320. The smallest absolute Gasteiger partial charge is 0.190 e. The minimum Gasteiger partial charge on any atom is -0.381 e. The molecule has 30 heavy (non-hydrogen) atoms. The molecule has 0 saturated carbocycles. The van der Waals surface area contributed by atoms with Crippen LogP contribution >= 0.6 is 24.0 Å². The normalized spacial score (nSPS) is 16.3. The fourth-order valence-corrected chi connectivity index (χ4v) is 3.11. The first-order chi connectivity index (χ1) is 14.2. The molecule has 3 rings (SSSR count). The fourth-order valence-electron chi connectivity index (χ4n) is 3.11. The standard InChI is InChI=1S/C21H30FN5O2.HI/c1-23-21(24-10-2-13-28-15-17-9-14-29-16-17)25-11-7-19-8-12-27(26-19)20-5-3-18(22)4-6-20;/h3-6,8,12,17H,2,7,9-11,13-16H2,1H3,(H2,23,24,25);1H. The van der Waals surface area contributed by atoms with E-state index < -0.39 is 0 Å². The van der Waals surface area contributed by atoms with Crippen LogP contribution in [0.4, 0.5) is 4.39 Å². The Morgan fingerprint density at radius 3 is 2.80 bits per heavy atom. The number of ether oxygens (including phenoxy) is 2. The van der Waals surface area contributed by atoms with Crippen molar-refractivity contribution < 1.29 is 13.9 Å². The van der Waals surface area contributed by atoms with Crippen molar-refractivity contribution in [2.24, 2.45) is 10.9 Å². The van der Waals surface area contributed by atoms with E-state index in [4.69, 9.17) is 9.47 Å². The molecule has 1 unspecified atom stereocenters. The van der Waals surface area contributed by atoms with Gasteiger partial charge in [-0.1, -0.05) is 0 Å². The van der Waals surface area contributed by atoms with Crippen LogP contribution in [0.25, 0.3) is 5.69 Å². The van der Waals surface area contributed by atoms with Gasteiger partial charge in [0.1, 0.15) is 5.82 Å². The van der Waals surface area contributed by atoms with E-state index in [9.17, 15) is 4.39 Å². The highest BCUT2D eigenvalue weighted by atomic mass is 127. The Morgan fingerprint density at radius 1 is 1.27 bits per heavy atom.